The van der Waals surface area contributed by atoms with Gasteiger partial charge in [0.15, 0.2) is 0 Å². The van der Waals surface area contributed by atoms with Gasteiger partial charge in [0.05, 0.1) is 11.4 Å². The van der Waals surface area contributed by atoms with E-state index in [4.69, 9.17) is 0 Å². The molecule has 11 rings (SSSR count). The first kappa shape index (κ1) is 26.6. The highest BCUT2D eigenvalue weighted by Crippen LogP contribution is 2.58. The predicted molar refractivity (Wildman–Crippen MR) is 208 cm³/mol. The van der Waals surface area contributed by atoms with Crippen LogP contribution >= 0.6 is 0 Å². The Bertz CT molecular complexity index is 2810. The molecule has 0 saturated carbocycles. The van der Waals surface area contributed by atoms with Gasteiger partial charge in [-0.3, -0.25) is 0 Å². The molecule has 0 N–H and O–H groups in total. The van der Waals surface area contributed by atoms with Crippen molar-refractivity contribution in [1.82, 2.24) is 0 Å². The van der Waals surface area contributed by atoms with Crippen LogP contribution in [0, 0.1) is 0 Å². The van der Waals surface area contributed by atoms with Gasteiger partial charge in [0.1, 0.15) is 0 Å². The van der Waals surface area contributed by atoms with Gasteiger partial charge in [-0.25, -0.2) is 0 Å². The molecule has 0 spiro atoms. The minimum Gasteiger partial charge on any atom is -0.309 e. The third kappa shape index (κ3) is 3.70. The molecule has 0 heterocycles. The fraction of sp³-hybridized carbons (Fsp3) is 0. The highest BCUT2D eigenvalue weighted by molar-refractivity contribution is 6.17. The largest absolute Gasteiger partial charge is 0.309 e. The topological polar surface area (TPSA) is 3.24 Å². The molecule has 1 nitrogen and oxygen atoms in total. The van der Waals surface area contributed by atoms with Crippen LogP contribution in [-0.4, -0.2) is 0 Å². The van der Waals surface area contributed by atoms with Gasteiger partial charge in [0.25, 0.3) is 0 Å². The molecule has 2 aliphatic rings. The molecule has 0 aromatic heterocycles. The average Bonchev–Trinajstić information content (AvgIpc) is 3.27. The van der Waals surface area contributed by atoms with E-state index in [2.05, 4.69) is 181 Å². The lowest BCUT2D eigenvalue weighted by Crippen LogP contribution is -2.11. The van der Waals surface area contributed by atoms with Crippen molar-refractivity contribution < 1.29 is 0 Å². The van der Waals surface area contributed by atoms with Gasteiger partial charge in [0.2, 0.25) is 0 Å². The summed E-state index contributed by atoms with van der Waals surface area (Å²) in [6, 6.07) is 65.2. The zero-order valence-corrected chi connectivity index (χ0v) is 26.7. The third-order valence-electron chi connectivity index (χ3n) is 10.7. The van der Waals surface area contributed by atoms with E-state index in [0.717, 1.165) is 5.69 Å². The first-order valence-electron chi connectivity index (χ1n) is 17.0. The Labute approximate surface area is 285 Å². The average molecular weight is 620 g/mol. The van der Waals surface area contributed by atoms with Crippen LogP contribution < -0.4 is 4.90 Å². The molecular formula is C48H29N. The molecule has 0 saturated heterocycles. The van der Waals surface area contributed by atoms with Crippen molar-refractivity contribution in [2.75, 3.05) is 4.90 Å². The lowest BCUT2D eigenvalue weighted by atomic mass is 9.83. The van der Waals surface area contributed by atoms with Crippen molar-refractivity contribution >= 4 is 49.4 Å². The van der Waals surface area contributed by atoms with E-state index >= 15 is 0 Å². The maximum Gasteiger partial charge on any atom is 0.0546 e. The van der Waals surface area contributed by atoms with E-state index in [1.54, 1.807) is 0 Å². The lowest BCUT2D eigenvalue weighted by Gasteiger charge is -2.30. The SMILES string of the molecule is c1ccc2c(c1)-c1cccc3c1-c1cc(N(c4cccc5ccccc45)c4cc5ccccc5c5ccccc45)ccc1-c1cccc-3c1-2. The molecule has 1 heteroatoms. The van der Waals surface area contributed by atoms with Crippen LogP contribution in [-0.2, 0) is 0 Å². The molecular weight excluding hydrogens is 591 g/mol. The van der Waals surface area contributed by atoms with Crippen LogP contribution in [0.4, 0.5) is 17.1 Å². The van der Waals surface area contributed by atoms with Crippen molar-refractivity contribution in [2.24, 2.45) is 0 Å². The van der Waals surface area contributed by atoms with Crippen LogP contribution in [0.15, 0.2) is 176 Å². The van der Waals surface area contributed by atoms with E-state index < -0.39 is 0 Å². The third-order valence-corrected chi connectivity index (χ3v) is 10.7. The fourth-order valence-corrected chi connectivity index (χ4v) is 8.66. The Kier molecular flexibility index (Phi) is 5.45. The predicted octanol–water partition coefficient (Wildman–Crippen LogP) is 13.6. The molecule has 9 aromatic rings. The second-order valence-corrected chi connectivity index (χ2v) is 13.2. The van der Waals surface area contributed by atoms with Crippen LogP contribution in [0.3, 0.4) is 0 Å². The van der Waals surface area contributed by atoms with E-state index in [9.17, 15) is 0 Å². The lowest BCUT2D eigenvalue weighted by molar-refractivity contribution is 1.32. The zero-order valence-electron chi connectivity index (χ0n) is 26.7. The van der Waals surface area contributed by atoms with Gasteiger partial charge in [-0.15, -0.1) is 0 Å². The standard InChI is InChI=1S/C48H29N/c1-4-16-34-30(12-1)14-9-25-45(34)49(46-28-31-13-2-3-15-33(31)35-17-5-7-19-38(35)46)32-26-27-37-41-22-11-23-42-43-24-10-21-40(48(43)44(37)29-32)36-18-6-8-20-39(36)47(41)42/h1-29H. The van der Waals surface area contributed by atoms with E-state index in [1.807, 2.05) is 0 Å². The summed E-state index contributed by atoms with van der Waals surface area (Å²) in [5, 5.41) is 7.44. The van der Waals surface area contributed by atoms with Gasteiger partial charge < -0.3 is 4.90 Å². The quantitative estimate of drug-likeness (QED) is 0.178. The Hall–Kier alpha value is -6.44. The van der Waals surface area contributed by atoms with Gasteiger partial charge in [-0.2, -0.15) is 0 Å². The molecule has 0 amide bonds. The first-order valence-corrected chi connectivity index (χ1v) is 17.0. The van der Waals surface area contributed by atoms with Crippen LogP contribution in [0.1, 0.15) is 0 Å². The zero-order chi connectivity index (χ0) is 32.1. The molecule has 2 aliphatic carbocycles. The summed E-state index contributed by atoms with van der Waals surface area (Å²) < 4.78 is 0. The summed E-state index contributed by atoms with van der Waals surface area (Å²) in [4.78, 5) is 2.50. The second kappa shape index (κ2) is 10.0. The van der Waals surface area contributed by atoms with Crippen molar-refractivity contribution in [3.63, 3.8) is 0 Å². The highest BCUT2D eigenvalue weighted by atomic mass is 15.1. The Morgan fingerprint density at radius 2 is 0.776 bits per heavy atom. The van der Waals surface area contributed by atoms with E-state index in [1.165, 1.54) is 99.3 Å². The molecule has 49 heavy (non-hydrogen) atoms. The van der Waals surface area contributed by atoms with Crippen LogP contribution in [0.25, 0.3) is 88.0 Å². The Balaban J connectivity index is 1.26. The molecule has 226 valence electrons. The summed E-state index contributed by atoms with van der Waals surface area (Å²) in [5.74, 6) is 0. The maximum absolute atomic E-state index is 2.50. The number of fused-ring (bicyclic) bond motifs is 8. The molecule has 6 bridgehead atoms. The number of nitrogens with zero attached hydrogens (tertiary/aromatic N) is 1. The van der Waals surface area contributed by atoms with E-state index in [-0.39, 0.29) is 0 Å². The van der Waals surface area contributed by atoms with Crippen molar-refractivity contribution in [3.8, 4) is 55.6 Å². The molecule has 0 fully saturated rings. The van der Waals surface area contributed by atoms with Gasteiger partial charge in [-0.05, 0) is 101 Å². The van der Waals surface area contributed by atoms with Crippen LogP contribution in [0.5, 0.6) is 0 Å². The van der Waals surface area contributed by atoms with Gasteiger partial charge >= 0.3 is 0 Å². The summed E-state index contributed by atoms with van der Waals surface area (Å²) in [7, 11) is 0. The van der Waals surface area contributed by atoms with Gasteiger partial charge in [-0.1, -0.05) is 152 Å². The monoisotopic (exact) mass is 619 g/mol. The number of anilines is 3. The summed E-state index contributed by atoms with van der Waals surface area (Å²) >= 11 is 0. The molecule has 9 aromatic carbocycles. The number of benzene rings is 9. The van der Waals surface area contributed by atoms with Crippen LogP contribution in [0.2, 0.25) is 0 Å². The summed E-state index contributed by atoms with van der Waals surface area (Å²) in [5.41, 5.74) is 16.5. The first-order chi connectivity index (χ1) is 24.3. The molecule has 0 atom stereocenters. The minimum atomic E-state index is 1.14. The van der Waals surface area contributed by atoms with Gasteiger partial charge in [0, 0.05) is 16.5 Å². The van der Waals surface area contributed by atoms with Crippen molar-refractivity contribution in [3.05, 3.63) is 176 Å². The Morgan fingerprint density at radius 1 is 0.265 bits per heavy atom. The minimum absolute atomic E-state index is 1.14. The smallest absolute Gasteiger partial charge is 0.0546 e. The van der Waals surface area contributed by atoms with Crippen molar-refractivity contribution in [1.29, 1.82) is 0 Å². The number of hydrogen-bond donors (Lipinski definition) is 0. The number of rotatable bonds is 3. The molecule has 0 unspecified atom stereocenters. The highest BCUT2D eigenvalue weighted by Gasteiger charge is 2.31. The maximum atomic E-state index is 2.50. The van der Waals surface area contributed by atoms with Crippen molar-refractivity contribution in [2.45, 2.75) is 0 Å². The van der Waals surface area contributed by atoms with E-state index in [0.29, 0.717) is 0 Å². The fourth-order valence-electron chi connectivity index (χ4n) is 8.66. The normalized spacial score (nSPS) is 12.1. The second-order valence-electron chi connectivity index (χ2n) is 13.2. The summed E-state index contributed by atoms with van der Waals surface area (Å²) in [6.45, 7) is 0. The molecule has 0 radical (unpaired) electrons. The Morgan fingerprint density at radius 3 is 1.55 bits per heavy atom. The number of hydrogen-bond acceptors (Lipinski definition) is 1. The molecule has 0 aliphatic heterocycles. The summed E-state index contributed by atoms with van der Waals surface area (Å²) in [6.07, 6.45) is 0.